The van der Waals surface area contributed by atoms with Crippen LogP contribution in [0.25, 0.3) is 17.1 Å². The molecule has 0 fully saturated rings. The van der Waals surface area contributed by atoms with Crippen molar-refractivity contribution in [3.63, 3.8) is 0 Å². The Labute approximate surface area is 179 Å². The molecule has 162 valence electrons. The van der Waals surface area contributed by atoms with E-state index in [2.05, 4.69) is 15.4 Å². The van der Waals surface area contributed by atoms with Crippen LogP contribution in [0.1, 0.15) is 44.9 Å². The topological polar surface area (TPSA) is 98.2 Å². The molecule has 1 unspecified atom stereocenters. The molecule has 1 aliphatic heterocycles. The number of amides is 1. The monoisotopic (exact) mass is 422 g/mol. The Balaban J connectivity index is 1.56. The molecule has 0 saturated heterocycles. The summed E-state index contributed by atoms with van der Waals surface area (Å²) in [4.78, 5) is 27.9. The molecule has 0 aliphatic carbocycles. The molecule has 0 bridgehead atoms. The van der Waals surface area contributed by atoms with Crippen LogP contribution < -0.4 is 20.3 Å². The van der Waals surface area contributed by atoms with Crippen molar-refractivity contribution in [1.29, 1.82) is 0 Å². The smallest absolute Gasteiger partial charge is 0.256 e. The highest BCUT2D eigenvalue weighted by atomic mass is 16.5. The number of fused-ring (bicyclic) bond motifs is 2. The molecule has 2 N–H and O–H groups in total. The summed E-state index contributed by atoms with van der Waals surface area (Å²) < 4.78 is 13.2. The Morgan fingerprint density at radius 3 is 2.97 bits per heavy atom. The van der Waals surface area contributed by atoms with Gasteiger partial charge in [0, 0.05) is 41.1 Å². The first-order chi connectivity index (χ1) is 14.9. The minimum atomic E-state index is -0.371. The summed E-state index contributed by atoms with van der Waals surface area (Å²) >= 11 is 0. The summed E-state index contributed by atoms with van der Waals surface area (Å²) in [7, 11) is 0. The molecule has 4 rings (SSSR count). The lowest BCUT2D eigenvalue weighted by Gasteiger charge is -2.12. The molecule has 0 spiro atoms. The maximum atomic E-state index is 12.6. The predicted molar refractivity (Wildman–Crippen MR) is 120 cm³/mol. The zero-order valence-electron chi connectivity index (χ0n) is 18.1. The van der Waals surface area contributed by atoms with Crippen molar-refractivity contribution in [2.24, 2.45) is 0 Å². The Kier molecular flexibility index (Phi) is 5.54. The van der Waals surface area contributed by atoms with E-state index in [0.29, 0.717) is 29.3 Å². The van der Waals surface area contributed by atoms with Gasteiger partial charge in [-0.1, -0.05) is 0 Å². The Hall–Kier alpha value is -3.55. The highest BCUT2D eigenvalue weighted by molar-refractivity contribution is 6.03. The summed E-state index contributed by atoms with van der Waals surface area (Å²) in [5, 5.41) is 7.94. The second-order valence-corrected chi connectivity index (χ2v) is 7.88. The maximum Gasteiger partial charge on any atom is 0.256 e. The third kappa shape index (κ3) is 4.19. The van der Waals surface area contributed by atoms with Gasteiger partial charge in [0.05, 0.1) is 18.5 Å². The molecule has 2 aromatic heterocycles. The van der Waals surface area contributed by atoms with Crippen molar-refractivity contribution in [1.82, 2.24) is 14.8 Å². The van der Waals surface area contributed by atoms with Crippen LogP contribution >= 0.6 is 0 Å². The lowest BCUT2D eigenvalue weighted by Crippen LogP contribution is -2.13. The molecule has 3 aromatic rings. The summed E-state index contributed by atoms with van der Waals surface area (Å²) in [5.41, 5.74) is 2.35. The predicted octanol–water partition coefficient (Wildman–Crippen LogP) is 3.68. The molecule has 3 heterocycles. The second-order valence-electron chi connectivity index (χ2n) is 7.88. The van der Waals surface area contributed by atoms with Crippen LogP contribution in [0.5, 0.6) is 11.5 Å². The first-order valence-corrected chi connectivity index (χ1v) is 10.4. The third-order valence-electron chi connectivity index (χ3n) is 5.09. The fourth-order valence-electron chi connectivity index (χ4n) is 3.69. The summed E-state index contributed by atoms with van der Waals surface area (Å²) in [6.45, 7) is 8.35. The summed E-state index contributed by atoms with van der Waals surface area (Å²) in [6.07, 6.45) is 5.42. The van der Waals surface area contributed by atoms with E-state index in [1.54, 1.807) is 23.0 Å². The maximum absolute atomic E-state index is 12.6. The fraction of sp³-hybridized carbons (Fsp3) is 0.348. The number of benzene rings is 1. The number of nitrogens with zero attached hydrogens (tertiary/aromatic N) is 2. The molecule has 1 atom stereocenters. The number of carbonyl (C=O) groups is 1. The van der Waals surface area contributed by atoms with Gasteiger partial charge in [0.15, 0.2) is 0 Å². The van der Waals surface area contributed by atoms with Crippen molar-refractivity contribution >= 4 is 28.7 Å². The van der Waals surface area contributed by atoms with Gasteiger partial charge in [-0.05, 0) is 45.9 Å². The molecular formula is C23H26N4O4. The van der Waals surface area contributed by atoms with E-state index in [0.717, 1.165) is 23.1 Å². The average Bonchev–Trinajstić information content (AvgIpc) is 3.28. The zero-order chi connectivity index (χ0) is 22.1. The van der Waals surface area contributed by atoms with Gasteiger partial charge in [-0.25, -0.2) is 4.68 Å². The van der Waals surface area contributed by atoms with Gasteiger partial charge in [0.1, 0.15) is 23.3 Å². The number of aromatic nitrogens is 3. The molecule has 8 heteroatoms. The zero-order valence-corrected chi connectivity index (χ0v) is 18.1. The van der Waals surface area contributed by atoms with Gasteiger partial charge in [0.25, 0.3) is 5.56 Å². The van der Waals surface area contributed by atoms with Crippen molar-refractivity contribution in [3.8, 4) is 11.5 Å². The normalized spacial score (nSPS) is 15.5. The number of H-pyrrole nitrogens is 1. The summed E-state index contributed by atoms with van der Waals surface area (Å²) in [5.74, 6) is 0.977. The highest BCUT2D eigenvalue weighted by Crippen LogP contribution is 2.38. The average molecular weight is 422 g/mol. The number of anilines is 1. The van der Waals surface area contributed by atoms with Gasteiger partial charge in [-0.2, -0.15) is 5.10 Å². The molecule has 1 amide bonds. The van der Waals surface area contributed by atoms with Crippen LogP contribution in [0.4, 0.5) is 5.69 Å². The molecular weight excluding hydrogens is 396 g/mol. The largest absolute Gasteiger partial charge is 0.492 e. The van der Waals surface area contributed by atoms with E-state index in [1.807, 2.05) is 33.8 Å². The summed E-state index contributed by atoms with van der Waals surface area (Å²) in [6, 6.07) is 5.54. The van der Waals surface area contributed by atoms with Crippen molar-refractivity contribution < 1.29 is 14.3 Å². The van der Waals surface area contributed by atoms with Gasteiger partial charge in [-0.15, -0.1) is 0 Å². The van der Waals surface area contributed by atoms with E-state index < -0.39 is 0 Å². The number of rotatable bonds is 6. The minimum absolute atomic E-state index is 0.0945. The van der Waals surface area contributed by atoms with E-state index in [-0.39, 0.29) is 23.6 Å². The van der Waals surface area contributed by atoms with E-state index in [9.17, 15) is 9.59 Å². The molecule has 1 aliphatic rings. The number of pyridine rings is 1. The number of carbonyl (C=O) groups excluding carboxylic acids is 1. The fourth-order valence-corrected chi connectivity index (χ4v) is 3.69. The van der Waals surface area contributed by atoms with Crippen LogP contribution in [-0.4, -0.2) is 33.4 Å². The standard InChI is InChI=1S/C23H26N4O4/c1-5-30-20-10-16-8-14(4)31-19(16)11-18(20)25-21(28)7-6-15-9-17-12-24-27(13(2)3)22(17)26-23(15)29/h6-7,9-14H,5,8H2,1-4H3,(H,25,28)(H,26,29)/b7-6+. The van der Waals surface area contributed by atoms with E-state index >= 15 is 0 Å². The quantitative estimate of drug-likeness (QED) is 0.591. The number of hydrogen-bond donors (Lipinski definition) is 2. The number of aromatic amines is 1. The SMILES string of the molecule is CCOc1cc2c(cc1NC(=O)/C=C/c1cc3cnn(C(C)C)c3[nH]c1=O)OC(C)C2. The first-order valence-electron chi connectivity index (χ1n) is 10.4. The molecule has 1 aromatic carbocycles. The molecule has 8 nitrogen and oxygen atoms in total. The first kappa shape index (κ1) is 20.7. The van der Waals surface area contributed by atoms with Crippen molar-refractivity contribution in [2.75, 3.05) is 11.9 Å². The van der Waals surface area contributed by atoms with E-state index in [4.69, 9.17) is 9.47 Å². The second kappa shape index (κ2) is 8.29. The van der Waals surface area contributed by atoms with Crippen molar-refractivity contribution in [2.45, 2.75) is 46.3 Å². The third-order valence-corrected chi connectivity index (χ3v) is 5.09. The number of nitrogens with one attached hydrogen (secondary N) is 2. The van der Waals surface area contributed by atoms with Crippen LogP contribution in [0.15, 0.2) is 35.3 Å². The number of hydrogen-bond acceptors (Lipinski definition) is 5. The Morgan fingerprint density at radius 2 is 2.23 bits per heavy atom. The van der Waals surface area contributed by atoms with Gasteiger partial charge < -0.3 is 19.8 Å². The Morgan fingerprint density at radius 1 is 1.42 bits per heavy atom. The van der Waals surface area contributed by atoms with Gasteiger partial charge >= 0.3 is 0 Å². The van der Waals surface area contributed by atoms with Crippen LogP contribution in [0.2, 0.25) is 0 Å². The molecule has 0 radical (unpaired) electrons. The molecule has 31 heavy (non-hydrogen) atoms. The van der Waals surface area contributed by atoms with Crippen LogP contribution in [0.3, 0.4) is 0 Å². The van der Waals surface area contributed by atoms with Crippen LogP contribution in [-0.2, 0) is 11.2 Å². The van der Waals surface area contributed by atoms with Crippen LogP contribution in [0, 0.1) is 0 Å². The minimum Gasteiger partial charge on any atom is -0.492 e. The van der Waals surface area contributed by atoms with Gasteiger partial charge in [0.2, 0.25) is 5.91 Å². The number of ether oxygens (including phenoxy) is 2. The van der Waals surface area contributed by atoms with Gasteiger partial charge in [-0.3, -0.25) is 9.59 Å². The van der Waals surface area contributed by atoms with Crippen molar-refractivity contribution in [3.05, 3.63) is 52.0 Å². The highest BCUT2D eigenvalue weighted by Gasteiger charge is 2.22. The molecule has 0 saturated carbocycles. The Bertz CT molecular complexity index is 1220. The van der Waals surface area contributed by atoms with E-state index in [1.165, 1.54) is 12.2 Å². The lowest BCUT2D eigenvalue weighted by molar-refractivity contribution is -0.111. The lowest BCUT2D eigenvalue weighted by atomic mass is 10.1.